The van der Waals surface area contributed by atoms with Crippen LogP contribution in [0.2, 0.25) is 0 Å². The Morgan fingerprint density at radius 1 is 1.29 bits per heavy atom. The van der Waals surface area contributed by atoms with Gasteiger partial charge in [0.15, 0.2) is 0 Å². The minimum Gasteiger partial charge on any atom is -0.347 e. The molecule has 0 saturated heterocycles. The van der Waals surface area contributed by atoms with E-state index in [1.54, 1.807) is 17.5 Å². The summed E-state index contributed by atoms with van der Waals surface area (Å²) in [5.41, 5.74) is 0.260. The van der Waals surface area contributed by atoms with E-state index < -0.39 is 11.6 Å². The van der Waals surface area contributed by atoms with E-state index in [4.69, 9.17) is 0 Å². The van der Waals surface area contributed by atoms with Crippen LogP contribution in [0.15, 0.2) is 35.7 Å². The maximum absolute atomic E-state index is 13.3. The topological polar surface area (TPSA) is 29.1 Å². The molecule has 2 rings (SSSR count). The van der Waals surface area contributed by atoms with Gasteiger partial charge in [0, 0.05) is 18.2 Å². The van der Waals surface area contributed by atoms with Crippen molar-refractivity contribution >= 4 is 17.2 Å². The first kappa shape index (κ1) is 11.7. The first-order valence-corrected chi connectivity index (χ1v) is 5.80. The second-order valence-electron chi connectivity index (χ2n) is 3.40. The molecular formula is C12H9F2NOS. The summed E-state index contributed by atoms with van der Waals surface area (Å²) in [7, 11) is 0. The first-order chi connectivity index (χ1) is 8.16. The molecule has 2 aromatic rings. The smallest absolute Gasteiger partial charge is 0.261 e. The highest BCUT2D eigenvalue weighted by Crippen LogP contribution is 2.11. The lowest BCUT2D eigenvalue weighted by molar-refractivity contribution is 0.0954. The van der Waals surface area contributed by atoms with Gasteiger partial charge in [0.2, 0.25) is 0 Å². The SMILES string of the molecule is O=C(NCc1ccc(F)cc1F)c1cccs1. The summed E-state index contributed by atoms with van der Waals surface area (Å²) in [5.74, 6) is -1.55. The minimum absolute atomic E-state index is 0.0445. The van der Waals surface area contributed by atoms with Crippen LogP contribution in [0.25, 0.3) is 0 Å². The zero-order chi connectivity index (χ0) is 12.3. The molecule has 17 heavy (non-hydrogen) atoms. The van der Waals surface area contributed by atoms with Crippen molar-refractivity contribution in [2.24, 2.45) is 0 Å². The van der Waals surface area contributed by atoms with Gasteiger partial charge in [-0.2, -0.15) is 0 Å². The molecule has 0 unspecified atom stereocenters. The average Bonchev–Trinajstić information content (AvgIpc) is 2.81. The Balaban J connectivity index is 2.01. The number of halogens is 2. The van der Waals surface area contributed by atoms with E-state index in [1.165, 1.54) is 17.4 Å². The molecule has 1 aromatic heterocycles. The molecule has 0 bridgehead atoms. The second kappa shape index (κ2) is 5.05. The zero-order valence-corrected chi connectivity index (χ0v) is 9.56. The molecule has 0 radical (unpaired) electrons. The van der Waals surface area contributed by atoms with Crippen LogP contribution in [0.4, 0.5) is 8.78 Å². The molecule has 0 aliphatic carbocycles. The third kappa shape index (κ3) is 2.88. The molecule has 1 N–H and O–H groups in total. The highest BCUT2D eigenvalue weighted by Gasteiger charge is 2.08. The van der Waals surface area contributed by atoms with Crippen LogP contribution in [0, 0.1) is 11.6 Å². The largest absolute Gasteiger partial charge is 0.347 e. The highest BCUT2D eigenvalue weighted by molar-refractivity contribution is 7.12. The number of benzene rings is 1. The van der Waals surface area contributed by atoms with E-state index in [0.29, 0.717) is 4.88 Å². The van der Waals surface area contributed by atoms with Crippen molar-refractivity contribution < 1.29 is 13.6 Å². The normalized spacial score (nSPS) is 10.2. The van der Waals surface area contributed by atoms with Gasteiger partial charge in [0.25, 0.3) is 5.91 Å². The number of amides is 1. The number of hydrogen-bond donors (Lipinski definition) is 1. The second-order valence-corrected chi connectivity index (χ2v) is 4.34. The van der Waals surface area contributed by atoms with Crippen molar-refractivity contribution in [1.29, 1.82) is 0 Å². The third-order valence-electron chi connectivity index (χ3n) is 2.20. The molecule has 88 valence electrons. The molecule has 0 spiro atoms. The van der Waals surface area contributed by atoms with Gasteiger partial charge in [-0.3, -0.25) is 4.79 Å². The highest BCUT2D eigenvalue weighted by atomic mass is 32.1. The molecule has 1 aromatic carbocycles. The lowest BCUT2D eigenvalue weighted by Crippen LogP contribution is -2.22. The van der Waals surface area contributed by atoms with Crippen LogP contribution >= 0.6 is 11.3 Å². The van der Waals surface area contributed by atoms with Crippen molar-refractivity contribution in [2.75, 3.05) is 0 Å². The summed E-state index contributed by atoms with van der Waals surface area (Å²) in [6, 6.07) is 6.72. The molecule has 0 fully saturated rings. The summed E-state index contributed by atoms with van der Waals surface area (Å²) >= 11 is 1.31. The van der Waals surface area contributed by atoms with Crippen LogP contribution in [0.3, 0.4) is 0 Å². The Morgan fingerprint density at radius 2 is 2.12 bits per heavy atom. The van der Waals surface area contributed by atoms with Gasteiger partial charge < -0.3 is 5.32 Å². The zero-order valence-electron chi connectivity index (χ0n) is 8.74. The first-order valence-electron chi connectivity index (χ1n) is 4.92. The fraction of sp³-hybridized carbons (Fsp3) is 0.0833. The van der Waals surface area contributed by atoms with Gasteiger partial charge in [-0.1, -0.05) is 12.1 Å². The molecule has 1 heterocycles. The van der Waals surface area contributed by atoms with Crippen molar-refractivity contribution in [3.8, 4) is 0 Å². The fourth-order valence-electron chi connectivity index (χ4n) is 1.34. The van der Waals surface area contributed by atoms with Crippen LogP contribution in [0.5, 0.6) is 0 Å². The summed E-state index contributed by atoms with van der Waals surface area (Å²) in [4.78, 5) is 12.1. The van der Waals surface area contributed by atoms with Crippen molar-refractivity contribution in [3.05, 3.63) is 57.8 Å². The number of carbonyl (C=O) groups excluding carboxylic acids is 1. The average molecular weight is 253 g/mol. The van der Waals surface area contributed by atoms with Crippen LogP contribution in [-0.2, 0) is 6.54 Å². The molecule has 2 nitrogen and oxygen atoms in total. The lowest BCUT2D eigenvalue weighted by Gasteiger charge is -2.05. The van der Waals surface area contributed by atoms with Crippen molar-refractivity contribution in [1.82, 2.24) is 5.32 Å². The molecule has 5 heteroatoms. The number of rotatable bonds is 3. The molecular weight excluding hydrogens is 244 g/mol. The molecule has 0 aliphatic heterocycles. The van der Waals surface area contributed by atoms with Gasteiger partial charge in [-0.15, -0.1) is 11.3 Å². The molecule has 0 saturated carbocycles. The van der Waals surface area contributed by atoms with Crippen molar-refractivity contribution in [2.45, 2.75) is 6.54 Å². The van der Waals surface area contributed by atoms with E-state index in [1.807, 2.05) is 0 Å². The Bertz CT molecular complexity index is 525. The predicted molar refractivity (Wildman–Crippen MR) is 61.8 cm³/mol. The summed E-state index contributed by atoms with van der Waals surface area (Å²) in [6.45, 7) is 0.0445. The van der Waals surface area contributed by atoms with E-state index in [2.05, 4.69) is 5.32 Å². The monoisotopic (exact) mass is 253 g/mol. The van der Waals surface area contributed by atoms with E-state index in [9.17, 15) is 13.6 Å². The molecule has 0 atom stereocenters. The van der Waals surface area contributed by atoms with Gasteiger partial charge in [-0.25, -0.2) is 8.78 Å². The van der Waals surface area contributed by atoms with E-state index in [-0.39, 0.29) is 18.0 Å². The number of carbonyl (C=O) groups is 1. The third-order valence-corrected chi connectivity index (χ3v) is 3.07. The van der Waals surface area contributed by atoms with Crippen molar-refractivity contribution in [3.63, 3.8) is 0 Å². The fourth-order valence-corrected chi connectivity index (χ4v) is 1.98. The standard InChI is InChI=1S/C12H9F2NOS/c13-9-4-3-8(10(14)6-9)7-15-12(16)11-2-1-5-17-11/h1-6H,7H2,(H,15,16). The van der Waals surface area contributed by atoms with Gasteiger partial charge in [0.1, 0.15) is 11.6 Å². The lowest BCUT2D eigenvalue weighted by atomic mass is 10.2. The Labute approximate surface area is 101 Å². The van der Waals surface area contributed by atoms with Crippen LogP contribution in [0.1, 0.15) is 15.2 Å². The summed E-state index contributed by atoms with van der Waals surface area (Å²) in [6.07, 6.45) is 0. The Kier molecular flexibility index (Phi) is 3.49. The van der Waals surface area contributed by atoms with E-state index >= 15 is 0 Å². The molecule has 1 amide bonds. The Hall–Kier alpha value is -1.75. The maximum atomic E-state index is 13.3. The van der Waals surface area contributed by atoms with Crippen LogP contribution < -0.4 is 5.32 Å². The summed E-state index contributed by atoms with van der Waals surface area (Å²) < 4.78 is 25.9. The predicted octanol–water partition coefficient (Wildman–Crippen LogP) is 2.96. The minimum atomic E-state index is -0.656. The Morgan fingerprint density at radius 3 is 2.76 bits per heavy atom. The van der Waals surface area contributed by atoms with Gasteiger partial charge in [0.05, 0.1) is 4.88 Å². The van der Waals surface area contributed by atoms with Gasteiger partial charge >= 0.3 is 0 Å². The summed E-state index contributed by atoms with van der Waals surface area (Å²) in [5, 5.41) is 4.36. The number of hydrogen-bond acceptors (Lipinski definition) is 2. The van der Waals surface area contributed by atoms with Gasteiger partial charge in [-0.05, 0) is 17.5 Å². The number of thiophene rings is 1. The quantitative estimate of drug-likeness (QED) is 0.895. The number of nitrogens with one attached hydrogen (secondary N) is 1. The van der Waals surface area contributed by atoms with E-state index in [0.717, 1.165) is 12.1 Å². The van der Waals surface area contributed by atoms with Crippen LogP contribution in [-0.4, -0.2) is 5.91 Å². The molecule has 0 aliphatic rings. The maximum Gasteiger partial charge on any atom is 0.261 e.